The first kappa shape index (κ1) is 25.5. The van der Waals surface area contributed by atoms with E-state index in [1.807, 2.05) is 0 Å². The van der Waals surface area contributed by atoms with Crippen LogP contribution in [0.15, 0.2) is 70.2 Å². The van der Waals surface area contributed by atoms with E-state index < -0.39 is 27.2 Å². The largest absolute Gasteiger partial charge is 0.493 e. The van der Waals surface area contributed by atoms with Crippen LogP contribution in [-0.2, 0) is 15.5 Å². The number of ether oxygens (including phenoxy) is 1. The van der Waals surface area contributed by atoms with Crippen LogP contribution in [0, 0.1) is 23.1 Å². The van der Waals surface area contributed by atoms with E-state index in [0.29, 0.717) is 11.8 Å². The molecule has 2 rings (SSSR count). The van der Waals surface area contributed by atoms with E-state index in [1.54, 1.807) is 6.92 Å². The second kappa shape index (κ2) is 11.2. The van der Waals surface area contributed by atoms with Gasteiger partial charge in [-0.3, -0.25) is 0 Å². The van der Waals surface area contributed by atoms with Crippen molar-refractivity contribution in [1.29, 1.82) is 5.26 Å². The average molecular weight is 478 g/mol. The molecular formula is C22H22F3N5O2S. The van der Waals surface area contributed by atoms with Gasteiger partial charge in [-0.15, -0.1) is 4.36 Å². The third-order valence-electron chi connectivity index (χ3n) is 4.03. The van der Waals surface area contributed by atoms with Gasteiger partial charge < -0.3 is 15.8 Å². The third-order valence-corrected chi connectivity index (χ3v) is 5.37. The van der Waals surface area contributed by atoms with Crippen LogP contribution >= 0.6 is 0 Å². The zero-order valence-electron chi connectivity index (χ0n) is 17.9. The molecule has 0 bridgehead atoms. The van der Waals surface area contributed by atoms with Crippen LogP contribution in [0.5, 0.6) is 5.75 Å². The maximum Gasteiger partial charge on any atom is 0.214 e. The van der Waals surface area contributed by atoms with Gasteiger partial charge in [0.15, 0.2) is 5.83 Å². The molecule has 3 N–H and O–H groups in total. The molecule has 7 nitrogen and oxygen atoms in total. The van der Waals surface area contributed by atoms with Crippen molar-refractivity contribution in [3.8, 4) is 11.9 Å². The number of hydrogen-bond acceptors (Lipinski definition) is 7. The molecule has 0 amide bonds. The van der Waals surface area contributed by atoms with Gasteiger partial charge >= 0.3 is 0 Å². The Labute approximate surface area is 190 Å². The number of rotatable bonds is 9. The maximum absolute atomic E-state index is 14.5. The van der Waals surface area contributed by atoms with Gasteiger partial charge in [0.05, 0.1) is 22.1 Å². The number of benzene rings is 2. The molecular weight excluding hydrogens is 455 g/mol. The lowest BCUT2D eigenvalue weighted by atomic mass is 10.1. The number of nitrogens with one attached hydrogen (secondary N) is 1. The molecule has 0 aliphatic rings. The predicted octanol–water partition coefficient (Wildman–Crippen LogP) is 4.58. The number of nitrogens with two attached hydrogens (primary N) is 1. The molecule has 0 saturated carbocycles. The van der Waals surface area contributed by atoms with Crippen molar-refractivity contribution in [3.05, 3.63) is 83.6 Å². The number of nitrogens with zero attached hydrogens (tertiary/aromatic N) is 3. The number of allylic oxidation sites excluding steroid dienone is 1. The van der Waals surface area contributed by atoms with Crippen molar-refractivity contribution < 1.29 is 22.1 Å². The second-order valence-corrected chi connectivity index (χ2v) is 9.15. The molecule has 0 aliphatic carbocycles. The van der Waals surface area contributed by atoms with Crippen LogP contribution in [0.4, 0.5) is 18.9 Å². The summed E-state index contributed by atoms with van der Waals surface area (Å²) >= 11 is 0. The van der Waals surface area contributed by atoms with Gasteiger partial charge in [-0.25, -0.2) is 22.4 Å². The summed E-state index contributed by atoms with van der Waals surface area (Å²) in [5.41, 5.74) is 5.67. The number of aliphatic imine (C=N–C) groups is 1. The summed E-state index contributed by atoms with van der Waals surface area (Å²) < 4.78 is 63.3. The number of anilines is 1. The number of hydrogen-bond donors (Lipinski definition) is 2. The van der Waals surface area contributed by atoms with E-state index in [1.165, 1.54) is 24.6 Å². The van der Waals surface area contributed by atoms with Crippen LogP contribution in [0.1, 0.15) is 18.1 Å². The van der Waals surface area contributed by atoms with Crippen molar-refractivity contribution in [2.45, 2.75) is 12.7 Å². The summed E-state index contributed by atoms with van der Waals surface area (Å²) in [6.07, 6.45) is 3.45. The Morgan fingerprint density at radius 2 is 2.03 bits per heavy atom. The van der Waals surface area contributed by atoms with Crippen molar-refractivity contribution in [3.63, 3.8) is 0 Å². The molecule has 0 radical (unpaired) electrons. The van der Waals surface area contributed by atoms with E-state index in [4.69, 9.17) is 15.7 Å². The van der Waals surface area contributed by atoms with Crippen LogP contribution in [0.2, 0.25) is 0 Å². The Morgan fingerprint density at radius 3 is 2.67 bits per heavy atom. The molecule has 11 heteroatoms. The fraction of sp³-hybridized carbons (Fsp3) is 0.182. The quantitative estimate of drug-likeness (QED) is 0.405. The summed E-state index contributed by atoms with van der Waals surface area (Å²) in [7, 11) is -2.88. The second-order valence-electron chi connectivity index (χ2n) is 6.76. The van der Waals surface area contributed by atoms with Crippen LogP contribution in [0.25, 0.3) is 0 Å². The molecule has 33 heavy (non-hydrogen) atoms. The lowest BCUT2D eigenvalue weighted by molar-refractivity contribution is 0.337. The number of nitriles is 1. The molecule has 2 aromatic carbocycles. The standard InChI is InChI=1S/C22H22F3N5O2S/c1-4-32-21-10-16(23)5-6-19(21)22(20(25)11-26)30-14(2)29-18-8-15(7-17(24)9-18)12-33(3,31)28-13-27/h5-11,29H,2,4,12,26H2,1,3H3/b20-11+,30-22?. The van der Waals surface area contributed by atoms with Crippen LogP contribution in [-0.4, -0.2) is 22.8 Å². The molecule has 0 aromatic heterocycles. The van der Waals surface area contributed by atoms with Crippen LogP contribution < -0.4 is 15.8 Å². The van der Waals surface area contributed by atoms with E-state index in [0.717, 1.165) is 24.3 Å². The van der Waals surface area contributed by atoms with E-state index in [2.05, 4.69) is 21.3 Å². The summed E-state index contributed by atoms with van der Waals surface area (Å²) in [6.45, 7) is 5.58. The van der Waals surface area contributed by atoms with Gasteiger partial charge in [0.1, 0.15) is 28.9 Å². The summed E-state index contributed by atoms with van der Waals surface area (Å²) in [5, 5.41) is 11.4. The minimum absolute atomic E-state index is 0.0491. The zero-order chi connectivity index (χ0) is 24.6. The minimum atomic E-state index is -2.88. The third kappa shape index (κ3) is 7.40. The van der Waals surface area contributed by atoms with Crippen molar-refractivity contribution in [1.82, 2.24) is 0 Å². The maximum atomic E-state index is 14.5. The molecule has 0 aliphatic heterocycles. The molecule has 1 atom stereocenters. The average Bonchev–Trinajstić information content (AvgIpc) is 2.71. The monoisotopic (exact) mass is 477 g/mol. The topological polar surface area (TPSA) is 113 Å². The highest BCUT2D eigenvalue weighted by molar-refractivity contribution is 7.92. The van der Waals surface area contributed by atoms with Crippen molar-refractivity contribution >= 4 is 21.1 Å². The van der Waals surface area contributed by atoms with Gasteiger partial charge in [-0.1, -0.05) is 6.58 Å². The lowest BCUT2D eigenvalue weighted by Crippen LogP contribution is -2.10. The van der Waals surface area contributed by atoms with E-state index >= 15 is 0 Å². The summed E-state index contributed by atoms with van der Waals surface area (Å²) in [6, 6.07) is 7.23. The van der Waals surface area contributed by atoms with E-state index in [9.17, 15) is 17.4 Å². The summed E-state index contributed by atoms with van der Waals surface area (Å²) in [5.74, 6) is -2.36. The predicted molar refractivity (Wildman–Crippen MR) is 122 cm³/mol. The lowest BCUT2D eigenvalue weighted by Gasteiger charge is -2.13. The Kier molecular flexibility index (Phi) is 8.64. The molecule has 174 valence electrons. The fourth-order valence-electron chi connectivity index (χ4n) is 2.85. The molecule has 0 saturated heterocycles. The minimum Gasteiger partial charge on any atom is -0.493 e. The van der Waals surface area contributed by atoms with Gasteiger partial charge in [0.2, 0.25) is 6.19 Å². The SMILES string of the molecule is C=C(N=C(/C(F)=C\N)c1ccc(F)cc1OCC)Nc1cc(F)cc(CS(C)(=O)=NC#N)c1. The van der Waals surface area contributed by atoms with Gasteiger partial charge in [0, 0.05) is 29.8 Å². The Balaban J connectivity index is 2.42. The van der Waals surface area contributed by atoms with E-state index in [-0.39, 0.29) is 40.9 Å². The first-order chi connectivity index (χ1) is 15.6. The molecule has 0 fully saturated rings. The van der Waals surface area contributed by atoms with Gasteiger partial charge in [-0.05, 0) is 42.8 Å². The highest BCUT2D eigenvalue weighted by Crippen LogP contribution is 2.25. The smallest absolute Gasteiger partial charge is 0.214 e. The molecule has 0 spiro atoms. The first-order valence-corrected chi connectivity index (χ1v) is 11.6. The molecule has 2 aromatic rings. The molecule has 0 heterocycles. The fourth-order valence-corrected chi connectivity index (χ4v) is 3.87. The Morgan fingerprint density at radius 1 is 1.30 bits per heavy atom. The Bertz CT molecular complexity index is 1280. The van der Waals surface area contributed by atoms with Crippen LogP contribution in [0.3, 0.4) is 0 Å². The molecule has 1 unspecified atom stereocenters. The van der Waals surface area contributed by atoms with Crippen molar-refractivity contribution in [2.75, 3.05) is 18.2 Å². The number of halogens is 3. The van der Waals surface area contributed by atoms with Gasteiger partial charge in [0.25, 0.3) is 0 Å². The first-order valence-electron chi connectivity index (χ1n) is 9.51. The highest BCUT2D eigenvalue weighted by Gasteiger charge is 2.17. The van der Waals surface area contributed by atoms with Gasteiger partial charge in [-0.2, -0.15) is 5.26 Å². The highest BCUT2D eigenvalue weighted by atomic mass is 32.2. The Hall–Kier alpha value is -3.78. The normalized spacial score (nSPS) is 13.6. The zero-order valence-corrected chi connectivity index (χ0v) is 18.8. The summed E-state index contributed by atoms with van der Waals surface area (Å²) in [4.78, 5) is 4.09. The van der Waals surface area contributed by atoms with Crippen molar-refractivity contribution in [2.24, 2.45) is 15.1 Å².